The van der Waals surface area contributed by atoms with Gasteiger partial charge in [-0.25, -0.2) is 4.98 Å². The molecule has 0 spiro atoms. The quantitative estimate of drug-likeness (QED) is 0.345. The fourth-order valence-electron chi connectivity index (χ4n) is 4.12. The molecular weight excluding hydrogens is 454 g/mol. The van der Waals surface area contributed by atoms with Crippen LogP contribution in [0.1, 0.15) is 11.8 Å². The minimum Gasteiger partial charge on any atom is -0.492 e. The van der Waals surface area contributed by atoms with E-state index in [1.807, 2.05) is 68.7 Å². The summed E-state index contributed by atoms with van der Waals surface area (Å²) in [4.78, 5) is 16.0. The van der Waals surface area contributed by atoms with E-state index in [-0.39, 0.29) is 6.10 Å². The van der Waals surface area contributed by atoms with Crippen molar-refractivity contribution in [2.75, 3.05) is 58.0 Å². The number of anilines is 3. The van der Waals surface area contributed by atoms with Gasteiger partial charge in [0.05, 0.1) is 29.7 Å². The predicted molar refractivity (Wildman–Crippen MR) is 143 cm³/mol. The third-order valence-corrected chi connectivity index (χ3v) is 6.01. The number of ether oxygens (including phenoxy) is 2. The van der Waals surface area contributed by atoms with Gasteiger partial charge in [-0.1, -0.05) is 24.3 Å². The van der Waals surface area contributed by atoms with Crippen molar-refractivity contribution in [2.24, 2.45) is 0 Å². The van der Waals surface area contributed by atoms with Crippen LogP contribution in [-0.2, 0) is 4.74 Å². The van der Waals surface area contributed by atoms with Gasteiger partial charge in [0.25, 0.3) is 0 Å². The van der Waals surface area contributed by atoms with Gasteiger partial charge >= 0.3 is 0 Å². The Morgan fingerprint density at radius 2 is 2.03 bits per heavy atom. The molecule has 36 heavy (non-hydrogen) atoms. The lowest BCUT2D eigenvalue weighted by molar-refractivity contribution is 0.0250. The van der Waals surface area contributed by atoms with Gasteiger partial charge < -0.3 is 30.7 Å². The molecule has 2 aromatic heterocycles. The Morgan fingerprint density at radius 3 is 2.81 bits per heavy atom. The third kappa shape index (κ3) is 5.54. The summed E-state index contributed by atoms with van der Waals surface area (Å²) >= 11 is 0. The summed E-state index contributed by atoms with van der Waals surface area (Å²) in [7, 11) is 4.05. The second kappa shape index (κ2) is 10.9. The van der Waals surface area contributed by atoms with Crippen LogP contribution < -0.4 is 21.1 Å². The van der Waals surface area contributed by atoms with Crippen molar-refractivity contribution in [3.63, 3.8) is 0 Å². The van der Waals surface area contributed by atoms with E-state index in [9.17, 15) is 0 Å². The second-order valence-corrected chi connectivity index (χ2v) is 8.97. The van der Waals surface area contributed by atoms with Gasteiger partial charge in [-0.05, 0) is 50.0 Å². The van der Waals surface area contributed by atoms with E-state index < -0.39 is 0 Å². The van der Waals surface area contributed by atoms with E-state index in [0.29, 0.717) is 25.0 Å². The van der Waals surface area contributed by atoms with Crippen LogP contribution in [0.2, 0.25) is 0 Å². The van der Waals surface area contributed by atoms with Crippen LogP contribution in [-0.4, -0.2) is 66.8 Å². The fourth-order valence-corrected chi connectivity index (χ4v) is 4.12. The molecule has 1 atom stereocenters. The zero-order chi connectivity index (χ0) is 24.9. The molecule has 1 saturated heterocycles. The molecule has 0 saturated carbocycles. The lowest BCUT2D eigenvalue weighted by Gasteiger charge is -2.23. The molecule has 0 aliphatic carbocycles. The number of nitrogen functional groups attached to an aromatic ring is 1. The average Bonchev–Trinajstić information content (AvgIpc) is 2.89. The monoisotopic (exact) mass is 485 g/mol. The van der Waals surface area contributed by atoms with Crippen LogP contribution >= 0.6 is 0 Å². The van der Waals surface area contributed by atoms with Crippen LogP contribution in [0.25, 0.3) is 22.0 Å². The molecular formula is C27H31N7O2. The van der Waals surface area contributed by atoms with Crippen molar-refractivity contribution in [3.05, 3.63) is 66.5 Å². The van der Waals surface area contributed by atoms with Gasteiger partial charge in [0.2, 0.25) is 5.95 Å². The van der Waals surface area contributed by atoms with E-state index in [1.165, 1.54) is 0 Å². The average molecular weight is 486 g/mol. The fraction of sp³-hybridized carbons (Fsp3) is 0.296. The van der Waals surface area contributed by atoms with E-state index in [4.69, 9.17) is 20.2 Å². The Balaban J connectivity index is 1.41. The number of nitrogens with one attached hydrogen (secondary N) is 2. The summed E-state index contributed by atoms with van der Waals surface area (Å²) in [6.07, 6.45) is 1.72. The highest BCUT2D eigenvalue weighted by Crippen LogP contribution is 2.32. The number of nitrogens with two attached hydrogens (primary N) is 1. The van der Waals surface area contributed by atoms with E-state index in [1.54, 1.807) is 6.20 Å². The topological polar surface area (TPSA) is 110 Å². The second-order valence-electron chi connectivity index (χ2n) is 8.97. The number of likely N-dealkylation sites (N-methyl/N-ethyl adjacent to an activating group) is 1. The van der Waals surface area contributed by atoms with Crippen molar-refractivity contribution < 1.29 is 9.47 Å². The predicted octanol–water partition coefficient (Wildman–Crippen LogP) is 3.62. The van der Waals surface area contributed by atoms with Crippen molar-refractivity contribution in [1.82, 2.24) is 25.2 Å². The van der Waals surface area contributed by atoms with Crippen LogP contribution in [0.4, 0.5) is 17.5 Å². The van der Waals surface area contributed by atoms with Gasteiger partial charge in [0.15, 0.2) is 0 Å². The minimum atomic E-state index is -0.0365. The van der Waals surface area contributed by atoms with E-state index >= 15 is 0 Å². The molecule has 1 aliphatic rings. The van der Waals surface area contributed by atoms with Gasteiger partial charge in [-0.2, -0.15) is 4.98 Å². The minimum absolute atomic E-state index is 0.0365. The molecule has 0 amide bonds. The van der Waals surface area contributed by atoms with Crippen molar-refractivity contribution >= 4 is 28.4 Å². The number of hydrogen-bond acceptors (Lipinski definition) is 9. The van der Waals surface area contributed by atoms with Crippen LogP contribution in [0.3, 0.4) is 0 Å². The van der Waals surface area contributed by atoms with Crippen molar-refractivity contribution in [1.29, 1.82) is 0 Å². The van der Waals surface area contributed by atoms with Gasteiger partial charge in [-0.3, -0.25) is 4.98 Å². The highest BCUT2D eigenvalue weighted by atomic mass is 16.5. The van der Waals surface area contributed by atoms with Gasteiger partial charge in [0, 0.05) is 30.6 Å². The number of hydrogen-bond donors (Lipinski definition) is 3. The van der Waals surface area contributed by atoms with E-state index in [0.717, 1.165) is 58.8 Å². The standard InChI is InChI=1S/C27H31N7O2/c1-34(2)12-14-35-20-6-3-5-18(15-20)21-7-4-8-22-25(21)32-27(33-26(22)28)31-19-9-10-23(30-16-19)24-17-29-11-13-36-24/h3-10,15-16,24,29H,11-14,17H2,1-2H3,(H3,28,31,32,33). The number of pyridine rings is 1. The Labute approximate surface area is 210 Å². The Hall–Kier alpha value is -3.79. The maximum Gasteiger partial charge on any atom is 0.229 e. The molecule has 5 rings (SSSR count). The molecule has 1 unspecified atom stereocenters. The first kappa shape index (κ1) is 23.9. The molecule has 1 fully saturated rings. The van der Waals surface area contributed by atoms with Gasteiger partial charge in [0.1, 0.15) is 24.3 Å². The molecule has 4 N–H and O–H groups in total. The Kier molecular flexibility index (Phi) is 7.22. The number of benzene rings is 2. The maximum atomic E-state index is 6.34. The molecule has 4 aromatic rings. The smallest absolute Gasteiger partial charge is 0.229 e. The highest BCUT2D eigenvalue weighted by molar-refractivity contribution is 5.99. The number of morpholine rings is 1. The maximum absolute atomic E-state index is 6.34. The summed E-state index contributed by atoms with van der Waals surface area (Å²) in [5, 5.41) is 7.37. The van der Waals surface area contributed by atoms with Crippen molar-refractivity contribution in [3.8, 4) is 16.9 Å². The molecule has 0 radical (unpaired) electrons. The summed E-state index contributed by atoms with van der Waals surface area (Å²) in [6, 6.07) is 17.9. The summed E-state index contributed by atoms with van der Waals surface area (Å²) < 4.78 is 11.7. The number of nitrogens with zero attached hydrogens (tertiary/aromatic N) is 4. The molecule has 3 heterocycles. The van der Waals surface area contributed by atoms with E-state index in [2.05, 4.69) is 25.5 Å². The number of aromatic nitrogens is 3. The highest BCUT2D eigenvalue weighted by Gasteiger charge is 2.17. The molecule has 0 bridgehead atoms. The number of fused-ring (bicyclic) bond motifs is 1. The Bertz CT molecular complexity index is 1320. The molecule has 186 valence electrons. The first-order chi connectivity index (χ1) is 17.6. The third-order valence-electron chi connectivity index (χ3n) is 6.01. The lowest BCUT2D eigenvalue weighted by atomic mass is 10.0. The first-order valence-corrected chi connectivity index (χ1v) is 12.1. The summed E-state index contributed by atoms with van der Waals surface area (Å²) in [5.74, 6) is 1.64. The van der Waals surface area contributed by atoms with Crippen LogP contribution in [0.5, 0.6) is 5.75 Å². The molecule has 1 aliphatic heterocycles. The largest absolute Gasteiger partial charge is 0.492 e. The van der Waals surface area contributed by atoms with Crippen molar-refractivity contribution in [2.45, 2.75) is 6.10 Å². The van der Waals surface area contributed by atoms with Gasteiger partial charge in [-0.15, -0.1) is 0 Å². The Morgan fingerprint density at radius 1 is 1.14 bits per heavy atom. The zero-order valence-electron chi connectivity index (χ0n) is 20.6. The zero-order valence-corrected chi connectivity index (χ0v) is 20.6. The molecule has 2 aromatic carbocycles. The first-order valence-electron chi connectivity index (χ1n) is 12.1. The lowest BCUT2D eigenvalue weighted by Crippen LogP contribution is -2.33. The number of rotatable bonds is 8. The molecule has 9 heteroatoms. The summed E-state index contributed by atoms with van der Waals surface area (Å²) in [5.41, 5.74) is 10.7. The normalized spacial score (nSPS) is 15.8. The number of para-hydroxylation sites is 1. The SMILES string of the molecule is CN(C)CCOc1cccc(-c2cccc3c(N)nc(Nc4ccc(C5CNCCO5)nc4)nc23)c1. The molecule has 9 nitrogen and oxygen atoms in total. The van der Waals surface area contributed by atoms with Crippen LogP contribution in [0.15, 0.2) is 60.8 Å². The van der Waals surface area contributed by atoms with Crippen LogP contribution in [0, 0.1) is 0 Å². The summed E-state index contributed by atoms with van der Waals surface area (Å²) in [6.45, 7) is 3.77.